The molecule has 3 rings (SSSR count). The summed E-state index contributed by atoms with van der Waals surface area (Å²) in [6, 6.07) is 20.3. The number of rotatable bonds is 7. The second-order valence-electron chi connectivity index (χ2n) is 5.74. The van der Waals surface area contributed by atoms with Crippen LogP contribution in [-0.2, 0) is 6.42 Å². The number of nitrogens with one attached hydrogen (secondary N) is 1. The second-order valence-corrected chi connectivity index (χ2v) is 6.91. The Hall–Kier alpha value is -2.92. The van der Waals surface area contributed by atoms with Crippen molar-refractivity contribution in [2.45, 2.75) is 13.3 Å². The lowest BCUT2D eigenvalue weighted by Gasteiger charge is -2.11. The average molecular weight is 365 g/mol. The summed E-state index contributed by atoms with van der Waals surface area (Å²) in [4.78, 5) is 25.7. The molecular formula is C21H19NO3S. The molecule has 4 nitrogen and oxygen atoms in total. The average Bonchev–Trinajstić information content (AvgIpc) is 3.12. The van der Waals surface area contributed by atoms with Crippen molar-refractivity contribution in [3.63, 3.8) is 0 Å². The Balaban J connectivity index is 1.61. The van der Waals surface area contributed by atoms with Crippen molar-refractivity contribution in [1.29, 1.82) is 0 Å². The van der Waals surface area contributed by atoms with E-state index in [2.05, 4.69) is 5.32 Å². The molecule has 0 spiro atoms. The van der Waals surface area contributed by atoms with Gasteiger partial charge < -0.3 is 10.1 Å². The van der Waals surface area contributed by atoms with Crippen LogP contribution in [0.25, 0.3) is 0 Å². The summed E-state index contributed by atoms with van der Waals surface area (Å²) in [6.45, 7) is 2.05. The minimum Gasteiger partial charge on any atom is -0.457 e. The molecule has 26 heavy (non-hydrogen) atoms. The van der Waals surface area contributed by atoms with Crippen LogP contribution in [0.1, 0.15) is 31.8 Å². The third-order valence-electron chi connectivity index (χ3n) is 3.77. The Morgan fingerprint density at radius 1 is 0.962 bits per heavy atom. The highest BCUT2D eigenvalue weighted by Crippen LogP contribution is 2.25. The van der Waals surface area contributed by atoms with Gasteiger partial charge in [-0.3, -0.25) is 9.59 Å². The van der Waals surface area contributed by atoms with Crippen molar-refractivity contribution in [3.05, 3.63) is 82.0 Å². The molecule has 5 heteroatoms. The highest BCUT2D eigenvalue weighted by molar-refractivity contribution is 7.14. The smallest absolute Gasteiger partial charge is 0.255 e. The first-order chi connectivity index (χ1) is 12.6. The highest BCUT2D eigenvalue weighted by atomic mass is 32.1. The fraction of sp³-hybridized carbons (Fsp3) is 0.143. The van der Waals surface area contributed by atoms with Gasteiger partial charge in [0.2, 0.25) is 0 Å². The Labute approximate surface area is 156 Å². The Kier molecular flexibility index (Phi) is 5.81. The molecule has 2 aromatic carbocycles. The van der Waals surface area contributed by atoms with Gasteiger partial charge in [0.05, 0.1) is 10.4 Å². The predicted molar refractivity (Wildman–Crippen MR) is 103 cm³/mol. The summed E-state index contributed by atoms with van der Waals surface area (Å²) in [6.07, 6.45) is 0.686. The van der Waals surface area contributed by atoms with Crippen LogP contribution < -0.4 is 10.1 Å². The molecule has 1 heterocycles. The van der Waals surface area contributed by atoms with Crippen LogP contribution in [0.5, 0.6) is 11.5 Å². The Morgan fingerprint density at radius 3 is 2.42 bits per heavy atom. The lowest BCUT2D eigenvalue weighted by Crippen LogP contribution is -2.25. The maximum Gasteiger partial charge on any atom is 0.255 e. The van der Waals surface area contributed by atoms with Gasteiger partial charge in [0.25, 0.3) is 5.91 Å². The number of hydrogen-bond donors (Lipinski definition) is 1. The molecule has 0 saturated carbocycles. The number of hydrogen-bond acceptors (Lipinski definition) is 4. The fourth-order valence-electron chi connectivity index (χ4n) is 2.45. The zero-order chi connectivity index (χ0) is 18.4. The molecule has 132 valence electrons. The van der Waals surface area contributed by atoms with E-state index in [1.54, 1.807) is 19.1 Å². The minimum absolute atomic E-state index is 0.0669. The van der Waals surface area contributed by atoms with E-state index in [4.69, 9.17) is 4.74 Å². The number of ketones is 1. The molecule has 0 atom stereocenters. The number of amides is 1. The van der Waals surface area contributed by atoms with Crippen LogP contribution in [0, 0.1) is 0 Å². The fourth-order valence-corrected chi connectivity index (χ4v) is 3.36. The van der Waals surface area contributed by atoms with Crippen molar-refractivity contribution in [2.75, 3.05) is 6.54 Å². The quantitative estimate of drug-likeness (QED) is 0.617. The molecule has 0 unspecified atom stereocenters. The Morgan fingerprint density at radius 2 is 1.69 bits per heavy atom. The SMILES string of the molecule is CC(=O)c1ccc(CCNC(=O)c2ccccc2Oc2ccccc2)s1. The van der Waals surface area contributed by atoms with Gasteiger partial charge in [0.1, 0.15) is 11.5 Å². The first-order valence-corrected chi connectivity index (χ1v) is 9.15. The molecule has 1 N–H and O–H groups in total. The van der Waals surface area contributed by atoms with Crippen LogP contribution in [0.4, 0.5) is 0 Å². The maximum absolute atomic E-state index is 12.5. The largest absolute Gasteiger partial charge is 0.457 e. The van der Waals surface area contributed by atoms with Crippen LogP contribution in [0.15, 0.2) is 66.7 Å². The van der Waals surface area contributed by atoms with Gasteiger partial charge in [0, 0.05) is 11.4 Å². The molecule has 1 aromatic heterocycles. The molecule has 3 aromatic rings. The van der Waals surface area contributed by atoms with Gasteiger partial charge in [-0.2, -0.15) is 0 Å². The molecule has 0 aliphatic carbocycles. The van der Waals surface area contributed by atoms with E-state index in [-0.39, 0.29) is 11.7 Å². The molecule has 0 radical (unpaired) electrons. The van der Waals surface area contributed by atoms with Gasteiger partial charge in [0.15, 0.2) is 5.78 Å². The lowest BCUT2D eigenvalue weighted by molar-refractivity contribution is 0.0951. The van der Waals surface area contributed by atoms with Crippen LogP contribution in [0.3, 0.4) is 0 Å². The topological polar surface area (TPSA) is 55.4 Å². The van der Waals surface area contributed by atoms with E-state index >= 15 is 0 Å². The van der Waals surface area contributed by atoms with E-state index in [0.29, 0.717) is 30.0 Å². The first-order valence-electron chi connectivity index (χ1n) is 8.33. The molecule has 0 fully saturated rings. The number of Topliss-reactive ketones (excluding diaryl/α,β-unsaturated/α-hetero) is 1. The van der Waals surface area contributed by atoms with Crippen molar-refractivity contribution in [1.82, 2.24) is 5.32 Å². The summed E-state index contributed by atoms with van der Waals surface area (Å²) in [5.74, 6) is 1.09. The van der Waals surface area contributed by atoms with Crippen LogP contribution >= 0.6 is 11.3 Å². The standard InChI is InChI=1S/C21H19NO3S/c1-15(23)20-12-11-17(26-20)13-14-22-21(24)18-9-5-6-10-19(18)25-16-7-3-2-4-8-16/h2-12H,13-14H2,1H3,(H,22,24). The molecule has 1 amide bonds. The first kappa shape index (κ1) is 17.9. The van der Waals surface area contributed by atoms with Crippen LogP contribution in [-0.4, -0.2) is 18.2 Å². The molecular weight excluding hydrogens is 346 g/mol. The van der Waals surface area contributed by atoms with Gasteiger partial charge in [-0.15, -0.1) is 11.3 Å². The van der Waals surface area contributed by atoms with Gasteiger partial charge in [-0.1, -0.05) is 30.3 Å². The van der Waals surface area contributed by atoms with Gasteiger partial charge in [-0.05, 0) is 49.7 Å². The summed E-state index contributed by atoms with van der Waals surface area (Å²) in [7, 11) is 0. The summed E-state index contributed by atoms with van der Waals surface area (Å²) in [5.41, 5.74) is 0.493. The number of ether oxygens (including phenoxy) is 1. The Bertz CT molecular complexity index is 902. The van der Waals surface area contributed by atoms with Gasteiger partial charge >= 0.3 is 0 Å². The zero-order valence-corrected chi connectivity index (χ0v) is 15.2. The lowest BCUT2D eigenvalue weighted by atomic mass is 10.2. The van der Waals surface area contributed by atoms with Crippen molar-refractivity contribution in [3.8, 4) is 11.5 Å². The van der Waals surface area contributed by atoms with Gasteiger partial charge in [-0.25, -0.2) is 0 Å². The summed E-state index contributed by atoms with van der Waals surface area (Å²) >= 11 is 1.47. The van der Waals surface area contributed by atoms with Crippen molar-refractivity contribution >= 4 is 23.0 Å². The van der Waals surface area contributed by atoms with Crippen molar-refractivity contribution in [2.24, 2.45) is 0 Å². The number of benzene rings is 2. The molecule has 0 saturated heterocycles. The van der Waals surface area contributed by atoms with E-state index in [9.17, 15) is 9.59 Å². The third kappa shape index (κ3) is 4.58. The van der Waals surface area contributed by atoms with E-state index in [1.165, 1.54) is 11.3 Å². The zero-order valence-electron chi connectivity index (χ0n) is 14.4. The second kappa shape index (κ2) is 8.45. The number of para-hydroxylation sites is 2. The van der Waals surface area contributed by atoms with E-state index in [0.717, 1.165) is 9.75 Å². The normalized spacial score (nSPS) is 10.3. The van der Waals surface area contributed by atoms with E-state index < -0.39 is 0 Å². The maximum atomic E-state index is 12.5. The molecule has 0 bridgehead atoms. The molecule has 0 aliphatic heterocycles. The predicted octanol–water partition coefficient (Wildman–Crippen LogP) is 4.72. The summed E-state index contributed by atoms with van der Waals surface area (Å²) < 4.78 is 5.83. The highest BCUT2D eigenvalue weighted by Gasteiger charge is 2.12. The van der Waals surface area contributed by atoms with Crippen molar-refractivity contribution < 1.29 is 14.3 Å². The number of thiophene rings is 1. The summed E-state index contributed by atoms with van der Waals surface area (Å²) in [5, 5.41) is 2.91. The third-order valence-corrected chi connectivity index (χ3v) is 5.01. The van der Waals surface area contributed by atoms with E-state index in [1.807, 2.05) is 54.6 Å². The van der Waals surface area contributed by atoms with Crippen LogP contribution in [0.2, 0.25) is 0 Å². The number of carbonyl (C=O) groups excluding carboxylic acids is 2. The monoisotopic (exact) mass is 365 g/mol. The molecule has 0 aliphatic rings. The number of carbonyl (C=O) groups is 2. The minimum atomic E-state index is -0.181.